The highest BCUT2D eigenvalue weighted by atomic mass is 35.5. The number of benzene rings is 2. The second-order valence-corrected chi connectivity index (χ2v) is 7.69. The minimum atomic E-state index is -0.620. The van der Waals surface area contributed by atoms with Crippen molar-refractivity contribution in [1.82, 2.24) is 14.8 Å². The zero-order chi connectivity index (χ0) is 22.3. The lowest BCUT2D eigenvalue weighted by atomic mass is 9.95. The van der Waals surface area contributed by atoms with Gasteiger partial charge >= 0.3 is 0 Å². The molecule has 0 fully saturated rings. The number of allylic oxidation sites excluding steroid dienone is 1. The summed E-state index contributed by atoms with van der Waals surface area (Å²) in [5.41, 5.74) is 8.07. The van der Waals surface area contributed by atoms with E-state index in [1.165, 1.54) is 0 Å². The molecule has 8 nitrogen and oxygen atoms in total. The van der Waals surface area contributed by atoms with E-state index in [1.807, 2.05) is 6.07 Å². The predicted octanol–water partition coefficient (Wildman–Crippen LogP) is 4.04. The van der Waals surface area contributed by atoms with Gasteiger partial charge in [0, 0.05) is 11.3 Å². The van der Waals surface area contributed by atoms with Crippen molar-refractivity contribution in [3.63, 3.8) is 0 Å². The van der Waals surface area contributed by atoms with E-state index >= 15 is 0 Å². The number of rotatable bonds is 5. The lowest BCUT2D eigenvalue weighted by molar-refractivity contribution is -0.115. The lowest BCUT2D eigenvalue weighted by Gasteiger charge is -2.27. The number of fused-ring (bicyclic) bond motifs is 1. The molecule has 4 rings (SSSR count). The van der Waals surface area contributed by atoms with Crippen LogP contribution in [0.1, 0.15) is 18.5 Å². The van der Waals surface area contributed by atoms with Gasteiger partial charge in [-0.25, -0.2) is 4.68 Å². The van der Waals surface area contributed by atoms with Gasteiger partial charge in [-0.3, -0.25) is 4.79 Å². The van der Waals surface area contributed by atoms with Gasteiger partial charge in [0.25, 0.3) is 0 Å². The van der Waals surface area contributed by atoms with Crippen LogP contribution in [-0.4, -0.2) is 34.9 Å². The Balaban J connectivity index is 1.86. The molecule has 31 heavy (non-hydrogen) atoms. The Labute approximate surface area is 188 Å². The van der Waals surface area contributed by atoms with Crippen LogP contribution in [0.25, 0.3) is 11.4 Å². The molecule has 3 aromatic rings. The van der Waals surface area contributed by atoms with Crippen LogP contribution in [0.5, 0.6) is 11.5 Å². The fourth-order valence-electron chi connectivity index (χ4n) is 3.56. The van der Waals surface area contributed by atoms with Crippen molar-refractivity contribution in [3.8, 4) is 22.9 Å². The summed E-state index contributed by atoms with van der Waals surface area (Å²) in [5, 5.41) is 8.54. The molecule has 0 bridgehead atoms. The molecule has 160 valence electrons. The van der Waals surface area contributed by atoms with Gasteiger partial charge in [-0.1, -0.05) is 29.3 Å². The standard InChI is InChI=1S/C21H19Cl2N5O3/c1-10-17(19(24)29)18(11-4-6-13(22)14(23)8-11)28-21(25-10)26-20(27-28)12-5-7-15(30-2)16(9-12)31-3/h4-9,18H,1-3H3,(H2,24,29)(H,25,26,27). The number of amides is 1. The van der Waals surface area contributed by atoms with E-state index in [2.05, 4.69) is 15.4 Å². The lowest BCUT2D eigenvalue weighted by Crippen LogP contribution is -2.31. The zero-order valence-electron chi connectivity index (χ0n) is 16.9. The van der Waals surface area contributed by atoms with Gasteiger partial charge in [-0.2, -0.15) is 4.98 Å². The van der Waals surface area contributed by atoms with Gasteiger partial charge in [0.15, 0.2) is 17.3 Å². The average Bonchev–Trinajstić information content (AvgIpc) is 3.17. The molecule has 1 unspecified atom stereocenters. The number of halogens is 2. The van der Waals surface area contributed by atoms with Gasteiger partial charge in [-0.15, -0.1) is 5.10 Å². The maximum absolute atomic E-state index is 12.3. The summed E-state index contributed by atoms with van der Waals surface area (Å²) in [6, 6.07) is 9.90. The number of hydrogen-bond donors (Lipinski definition) is 2. The molecule has 1 aliphatic rings. The number of ether oxygens (including phenoxy) is 2. The van der Waals surface area contributed by atoms with E-state index in [1.54, 1.807) is 56.2 Å². The molecule has 1 aromatic heterocycles. The van der Waals surface area contributed by atoms with Gasteiger partial charge in [0.05, 0.1) is 29.8 Å². The molecule has 0 saturated carbocycles. The molecular formula is C21H19Cl2N5O3. The van der Waals surface area contributed by atoms with E-state index in [4.69, 9.17) is 38.4 Å². The Kier molecular flexibility index (Phi) is 5.51. The number of nitrogens with two attached hydrogens (primary N) is 1. The number of nitrogens with one attached hydrogen (secondary N) is 1. The van der Waals surface area contributed by atoms with Crippen LogP contribution in [0.4, 0.5) is 5.95 Å². The van der Waals surface area contributed by atoms with E-state index < -0.39 is 11.9 Å². The molecule has 10 heteroatoms. The fraction of sp³-hybridized carbons (Fsp3) is 0.190. The number of anilines is 1. The van der Waals surface area contributed by atoms with E-state index in [0.29, 0.717) is 55.7 Å². The Morgan fingerprint density at radius 1 is 1.10 bits per heavy atom. The number of carbonyl (C=O) groups is 1. The molecule has 0 aliphatic carbocycles. The highest BCUT2D eigenvalue weighted by molar-refractivity contribution is 6.42. The van der Waals surface area contributed by atoms with E-state index in [0.717, 1.165) is 0 Å². The van der Waals surface area contributed by atoms with Crippen LogP contribution >= 0.6 is 23.2 Å². The van der Waals surface area contributed by atoms with Gasteiger partial charge in [0.2, 0.25) is 11.9 Å². The van der Waals surface area contributed by atoms with Crippen molar-refractivity contribution < 1.29 is 14.3 Å². The molecule has 2 aromatic carbocycles. The van der Waals surface area contributed by atoms with Crippen molar-refractivity contribution in [2.24, 2.45) is 5.73 Å². The quantitative estimate of drug-likeness (QED) is 0.596. The molecule has 3 N–H and O–H groups in total. The third-order valence-corrected chi connectivity index (χ3v) is 5.76. The van der Waals surface area contributed by atoms with E-state index in [9.17, 15) is 4.79 Å². The predicted molar refractivity (Wildman–Crippen MR) is 119 cm³/mol. The Bertz CT molecular complexity index is 1220. The van der Waals surface area contributed by atoms with Crippen molar-refractivity contribution in [2.45, 2.75) is 13.0 Å². The molecule has 2 heterocycles. The topological polar surface area (TPSA) is 104 Å². The van der Waals surface area contributed by atoms with E-state index in [-0.39, 0.29) is 0 Å². The molecule has 1 amide bonds. The highest BCUT2D eigenvalue weighted by Gasteiger charge is 2.33. The van der Waals surface area contributed by atoms with Crippen LogP contribution < -0.4 is 20.5 Å². The van der Waals surface area contributed by atoms with Crippen molar-refractivity contribution in [3.05, 3.63) is 63.3 Å². The average molecular weight is 460 g/mol. The van der Waals surface area contributed by atoms with Crippen LogP contribution in [0.15, 0.2) is 47.7 Å². The first-order valence-electron chi connectivity index (χ1n) is 9.25. The first-order chi connectivity index (χ1) is 14.8. The van der Waals surface area contributed by atoms with Gasteiger partial charge in [0.1, 0.15) is 6.04 Å². The van der Waals surface area contributed by atoms with Crippen LogP contribution in [0.3, 0.4) is 0 Å². The third kappa shape index (κ3) is 3.68. The minimum absolute atomic E-state index is 0.356. The van der Waals surface area contributed by atoms with Crippen molar-refractivity contribution in [1.29, 1.82) is 0 Å². The monoisotopic (exact) mass is 459 g/mol. The molecular weight excluding hydrogens is 441 g/mol. The number of aromatic nitrogens is 3. The number of primary amides is 1. The Morgan fingerprint density at radius 3 is 2.48 bits per heavy atom. The van der Waals surface area contributed by atoms with Crippen molar-refractivity contribution in [2.75, 3.05) is 19.5 Å². The molecule has 1 aliphatic heterocycles. The number of methoxy groups -OCH3 is 2. The second kappa shape index (κ2) is 8.13. The fourth-order valence-corrected chi connectivity index (χ4v) is 3.86. The Morgan fingerprint density at radius 2 is 1.84 bits per heavy atom. The number of carbonyl (C=O) groups excluding carboxylic acids is 1. The van der Waals surface area contributed by atoms with Crippen molar-refractivity contribution >= 4 is 35.1 Å². The molecule has 0 spiro atoms. The largest absolute Gasteiger partial charge is 0.493 e. The number of hydrogen-bond acceptors (Lipinski definition) is 6. The summed E-state index contributed by atoms with van der Waals surface area (Å²) in [4.78, 5) is 16.9. The summed E-state index contributed by atoms with van der Waals surface area (Å²) in [5.74, 6) is 1.47. The summed E-state index contributed by atoms with van der Waals surface area (Å²) >= 11 is 12.3. The summed E-state index contributed by atoms with van der Waals surface area (Å²) in [6.45, 7) is 1.76. The van der Waals surface area contributed by atoms with Gasteiger partial charge in [-0.05, 0) is 42.8 Å². The first kappa shape index (κ1) is 21.0. The molecule has 1 atom stereocenters. The zero-order valence-corrected chi connectivity index (χ0v) is 18.5. The smallest absolute Gasteiger partial charge is 0.248 e. The van der Waals surface area contributed by atoms with Crippen LogP contribution in [0.2, 0.25) is 10.0 Å². The molecule has 0 radical (unpaired) electrons. The number of nitrogens with zero attached hydrogens (tertiary/aromatic N) is 3. The second-order valence-electron chi connectivity index (χ2n) is 6.88. The first-order valence-corrected chi connectivity index (χ1v) is 10.0. The SMILES string of the molecule is COc1ccc(-c2nc3n(n2)C(c2ccc(Cl)c(Cl)c2)C(C(N)=O)=C(C)N3)cc1OC. The maximum Gasteiger partial charge on any atom is 0.248 e. The maximum atomic E-state index is 12.3. The minimum Gasteiger partial charge on any atom is -0.493 e. The summed E-state index contributed by atoms with van der Waals surface area (Å²) in [6.07, 6.45) is 0. The highest BCUT2D eigenvalue weighted by Crippen LogP contribution is 2.38. The molecule has 0 saturated heterocycles. The van der Waals surface area contributed by atoms with Crippen LogP contribution in [0, 0.1) is 0 Å². The summed E-state index contributed by atoms with van der Waals surface area (Å²) < 4.78 is 12.3. The summed E-state index contributed by atoms with van der Waals surface area (Å²) in [7, 11) is 3.12. The third-order valence-electron chi connectivity index (χ3n) is 5.02. The van der Waals surface area contributed by atoms with Gasteiger partial charge < -0.3 is 20.5 Å². The Hall–Kier alpha value is -3.23. The van der Waals surface area contributed by atoms with Crippen LogP contribution in [-0.2, 0) is 4.79 Å². The normalized spacial score (nSPS) is 15.3.